The van der Waals surface area contributed by atoms with Crippen LogP contribution < -0.4 is 0 Å². The van der Waals surface area contributed by atoms with Gasteiger partial charge in [-0.1, -0.05) is 0 Å². The average molecular weight is 304 g/mol. The number of hydrogen-bond donors (Lipinski definition) is 0. The lowest BCUT2D eigenvalue weighted by Crippen LogP contribution is -2.28. The van der Waals surface area contributed by atoms with Crippen LogP contribution in [0.5, 0.6) is 0 Å². The predicted molar refractivity (Wildman–Crippen MR) is 70.1 cm³/mol. The molecule has 0 aromatic carbocycles. The summed E-state index contributed by atoms with van der Waals surface area (Å²) < 4.78 is 22.0. The van der Waals surface area contributed by atoms with Crippen molar-refractivity contribution in [2.24, 2.45) is 5.92 Å². The number of rotatable bonds is 5. The van der Waals surface area contributed by atoms with Crippen LogP contribution in [-0.2, 0) is 20.3 Å². The Bertz CT molecular complexity index is 550. The van der Waals surface area contributed by atoms with Gasteiger partial charge in [-0.2, -0.15) is 0 Å². The molecule has 8 heteroatoms. The summed E-state index contributed by atoms with van der Waals surface area (Å²) in [4.78, 5) is 21.5. The van der Waals surface area contributed by atoms with Crippen LogP contribution in [0, 0.1) is 5.92 Å². The van der Waals surface area contributed by atoms with Crippen molar-refractivity contribution in [3.63, 3.8) is 0 Å². The third-order valence-corrected chi connectivity index (χ3v) is 4.23. The summed E-state index contributed by atoms with van der Waals surface area (Å²) in [7, 11) is 1.66. The lowest BCUT2D eigenvalue weighted by atomic mass is 10.1. The summed E-state index contributed by atoms with van der Waals surface area (Å²) >= 11 is 0. The molecule has 1 aliphatic rings. The smallest absolute Gasteiger partial charge is 0.232 e. The van der Waals surface area contributed by atoms with Gasteiger partial charge >= 0.3 is 0 Å². The van der Waals surface area contributed by atoms with E-state index in [4.69, 9.17) is 10.7 Å². The molecule has 1 aromatic heterocycles. The first-order valence-electron chi connectivity index (χ1n) is 5.89. The highest BCUT2D eigenvalue weighted by Gasteiger charge is 2.31. The Kier molecular flexibility index (Phi) is 4.36. The average Bonchev–Trinajstić information content (AvgIpc) is 2.66. The summed E-state index contributed by atoms with van der Waals surface area (Å²) in [5, 5.41) is 0. The topological polar surface area (TPSA) is 80.2 Å². The monoisotopic (exact) mass is 303 g/mol. The van der Waals surface area contributed by atoms with Gasteiger partial charge in [0.05, 0.1) is 11.4 Å². The molecule has 2 rings (SSSR count). The molecule has 2 heterocycles. The number of aromatic nitrogens is 2. The Morgan fingerprint density at radius 3 is 2.84 bits per heavy atom. The van der Waals surface area contributed by atoms with Crippen molar-refractivity contribution in [3.8, 4) is 0 Å². The van der Waals surface area contributed by atoms with Crippen molar-refractivity contribution in [1.82, 2.24) is 14.9 Å². The fraction of sp³-hybridized carbons (Fsp3) is 0.545. The molecule has 0 aliphatic carbocycles. The van der Waals surface area contributed by atoms with Crippen molar-refractivity contribution in [2.45, 2.75) is 12.8 Å². The molecular weight excluding hydrogens is 290 g/mol. The van der Waals surface area contributed by atoms with Gasteiger partial charge in [0, 0.05) is 61.1 Å². The van der Waals surface area contributed by atoms with Crippen molar-refractivity contribution >= 4 is 25.6 Å². The van der Waals surface area contributed by atoms with Gasteiger partial charge in [0.2, 0.25) is 15.0 Å². The minimum absolute atomic E-state index is 0.0331. The largest absolute Gasteiger partial charge is 0.342 e. The Hall–Kier alpha value is -1.21. The van der Waals surface area contributed by atoms with Crippen LogP contribution in [0.25, 0.3) is 0 Å². The first kappa shape index (κ1) is 14.2. The van der Waals surface area contributed by atoms with E-state index in [2.05, 4.69) is 9.97 Å². The number of carbonyl (C=O) groups excluding carboxylic acids is 1. The highest BCUT2D eigenvalue weighted by molar-refractivity contribution is 8.13. The van der Waals surface area contributed by atoms with Crippen LogP contribution in [0.3, 0.4) is 0 Å². The third-order valence-electron chi connectivity index (χ3n) is 2.98. The molecule has 1 fully saturated rings. The minimum atomic E-state index is -3.55. The molecule has 0 radical (unpaired) electrons. The van der Waals surface area contributed by atoms with Gasteiger partial charge in [-0.25, -0.2) is 8.42 Å². The van der Waals surface area contributed by atoms with Crippen LogP contribution in [0.15, 0.2) is 18.6 Å². The van der Waals surface area contributed by atoms with E-state index in [1.165, 1.54) is 0 Å². The van der Waals surface area contributed by atoms with Crippen LogP contribution in [0.4, 0.5) is 0 Å². The molecule has 1 unspecified atom stereocenters. The number of hydrogen-bond acceptors (Lipinski definition) is 5. The first-order chi connectivity index (χ1) is 8.94. The molecule has 1 amide bonds. The Labute approximate surface area is 116 Å². The standard InChI is InChI=1S/C11H14ClN3O3S/c12-19(17,18)8-9-5-11(16)15(7-9)4-1-10-6-13-2-3-14-10/h2-3,6,9H,1,4-5,7-8H2. The maximum absolute atomic E-state index is 11.7. The third kappa shape index (κ3) is 4.43. The Morgan fingerprint density at radius 2 is 2.21 bits per heavy atom. The SMILES string of the molecule is O=C1CC(CS(=O)(=O)Cl)CN1CCc1cnccn1. The van der Waals surface area contributed by atoms with Gasteiger partial charge in [0.15, 0.2) is 0 Å². The summed E-state index contributed by atoms with van der Waals surface area (Å²) in [6, 6.07) is 0. The van der Waals surface area contributed by atoms with E-state index in [1.807, 2.05) is 0 Å². The van der Waals surface area contributed by atoms with E-state index >= 15 is 0 Å². The Balaban J connectivity index is 1.87. The minimum Gasteiger partial charge on any atom is -0.342 e. The van der Waals surface area contributed by atoms with Crippen molar-refractivity contribution in [1.29, 1.82) is 0 Å². The lowest BCUT2D eigenvalue weighted by molar-refractivity contribution is -0.127. The van der Waals surface area contributed by atoms with Crippen LogP contribution in [0.1, 0.15) is 12.1 Å². The lowest BCUT2D eigenvalue weighted by Gasteiger charge is -2.15. The van der Waals surface area contributed by atoms with Crippen molar-refractivity contribution < 1.29 is 13.2 Å². The van der Waals surface area contributed by atoms with Gasteiger partial charge < -0.3 is 4.90 Å². The van der Waals surface area contributed by atoms with E-state index in [9.17, 15) is 13.2 Å². The van der Waals surface area contributed by atoms with Crippen molar-refractivity contribution in [2.75, 3.05) is 18.8 Å². The molecule has 0 bridgehead atoms. The molecule has 0 N–H and O–H groups in total. The van der Waals surface area contributed by atoms with E-state index in [0.29, 0.717) is 19.5 Å². The van der Waals surface area contributed by atoms with Gasteiger partial charge in [-0.3, -0.25) is 14.8 Å². The molecule has 104 valence electrons. The fourth-order valence-electron chi connectivity index (χ4n) is 2.17. The molecule has 6 nitrogen and oxygen atoms in total. The molecule has 1 atom stereocenters. The van der Waals surface area contributed by atoms with E-state index in [0.717, 1.165) is 5.69 Å². The maximum Gasteiger partial charge on any atom is 0.232 e. The fourth-order valence-corrected chi connectivity index (χ4v) is 3.49. The van der Waals surface area contributed by atoms with Gasteiger partial charge in [0.25, 0.3) is 0 Å². The highest BCUT2D eigenvalue weighted by Crippen LogP contribution is 2.20. The van der Waals surface area contributed by atoms with E-state index in [-0.39, 0.29) is 24.0 Å². The molecule has 19 heavy (non-hydrogen) atoms. The number of amides is 1. The predicted octanol–water partition coefficient (Wildman–Crippen LogP) is 0.436. The summed E-state index contributed by atoms with van der Waals surface area (Å²) in [5.74, 6) is -0.395. The molecule has 0 spiro atoms. The van der Waals surface area contributed by atoms with Crippen molar-refractivity contribution in [3.05, 3.63) is 24.3 Å². The number of halogens is 1. The Morgan fingerprint density at radius 1 is 1.42 bits per heavy atom. The highest BCUT2D eigenvalue weighted by atomic mass is 35.7. The van der Waals surface area contributed by atoms with Gasteiger partial charge in [-0.15, -0.1) is 0 Å². The maximum atomic E-state index is 11.7. The van der Waals surface area contributed by atoms with Crippen LogP contribution in [-0.4, -0.2) is 48.0 Å². The quantitative estimate of drug-likeness (QED) is 0.737. The number of likely N-dealkylation sites (tertiary alicyclic amines) is 1. The second-order valence-corrected chi connectivity index (χ2v) is 7.38. The van der Waals surface area contributed by atoms with Gasteiger partial charge in [-0.05, 0) is 0 Å². The number of nitrogens with zero attached hydrogens (tertiary/aromatic N) is 3. The molecule has 1 saturated heterocycles. The zero-order valence-electron chi connectivity index (χ0n) is 10.2. The van der Waals surface area contributed by atoms with Crippen LogP contribution >= 0.6 is 10.7 Å². The summed E-state index contributed by atoms with van der Waals surface area (Å²) in [5.41, 5.74) is 0.809. The zero-order chi connectivity index (χ0) is 13.9. The van der Waals surface area contributed by atoms with E-state index < -0.39 is 9.05 Å². The molecule has 1 aliphatic heterocycles. The molecule has 1 aromatic rings. The summed E-state index contributed by atoms with van der Waals surface area (Å²) in [6.07, 6.45) is 5.70. The van der Waals surface area contributed by atoms with Gasteiger partial charge in [0.1, 0.15) is 0 Å². The summed E-state index contributed by atoms with van der Waals surface area (Å²) in [6.45, 7) is 0.960. The van der Waals surface area contributed by atoms with E-state index in [1.54, 1.807) is 23.5 Å². The molecule has 0 saturated carbocycles. The van der Waals surface area contributed by atoms with Crippen LogP contribution in [0.2, 0.25) is 0 Å². The first-order valence-corrected chi connectivity index (χ1v) is 8.37. The second-order valence-electron chi connectivity index (χ2n) is 4.56. The zero-order valence-corrected chi connectivity index (χ0v) is 11.8. The normalized spacial score (nSPS) is 19.9. The number of carbonyl (C=O) groups is 1. The second kappa shape index (κ2) is 5.83. The molecular formula is C11H14ClN3O3S.